The Hall–Kier alpha value is -2.05. The lowest BCUT2D eigenvalue weighted by molar-refractivity contribution is -0.0771. The molecule has 2 rings (SSSR count). The summed E-state index contributed by atoms with van der Waals surface area (Å²) in [5.74, 6) is -4.18. The van der Waals surface area contributed by atoms with Crippen LogP contribution in [-0.2, 0) is 4.74 Å². The van der Waals surface area contributed by atoms with E-state index in [-0.39, 0.29) is 24.2 Å². The maximum Gasteiger partial charge on any atom is 0.410 e. The third-order valence-electron chi connectivity index (χ3n) is 3.60. The monoisotopic (exact) mass is 326 g/mol. The van der Waals surface area contributed by atoms with Gasteiger partial charge in [0.1, 0.15) is 5.60 Å². The fourth-order valence-electron chi connectivity index (χ4n) is 2.48. The van der Waals surface area contributed by atoms with E-state index in [2.05, 4.69) is 4.98 Å². The quantitative estimate of drug-likeness (QED) is 0.783. The zero-order chi connectivity index (χ0) is 17.3. The average molecular weight is 326 g/mol. The number of rotatable bonds is 2. The summed E-state index contributed by atoms with van der Waals surface area (Å²) < 4.78 is 33.8. The van der Waals surface area contributed by atoms with Crippen LogP contribution in [0.4, 0.5) is 13.6 Å². The molecule has 5 nitrogen and oxygen atoms in total. The standard InChI is InChI=1S/C16H20F2N2O3/c1-15(2,3)23-14(22)20-5-4-16(17,18)13(9-20)12-6-11(10-21)7-19-8-12/h6-8,10,13H,4-5,9H2,1-3H3. The molecule has 23 heavy (non-hydrogen) atoms. The van der Waals surface area contributed by atoms with Gasteiger partial charge in [0.2, 0.25) is 0 Å². The lowest BCUT2D eigenvalue weighted by atomic mass is 9.87. The number of halogens is 2. The minimum atomic E-state index is -2.97. The molecule has 0 bridgehead atoms. The molecule has 1 aromatic rings. The van der Waals surface area contributed by atoms with E-state index in [4.69, 9.17) is 4.74 Å². The summed E-state index contributed by atoms with van der Waals surface area (Å²) in [5.41, 5.74) is -0.216. The van der Waals surface area contributed by atoms with Gasteiger partial charge in [0.15, 0.2) is 6.29 Å². The molecule has 1 unspecified atom stereocenters. The smallest absolute Gasteiger partial charge is 0.410 e. The van der Waals surface area contributed by atoms with Crippen LogP contribution in [0, 0.1) is 0 Å². The third kappa shape index (κ3) is 4.24. The number of carbonyl (C=O) groups excluding carboxylic acids is 2. The summed E-state index contributed by atoms with van der Waals surface area (Å²) >= 11 is 0. The summed E-state index contributed by atoms with van der Waals surface area (Å²) in [4.78, 5) is 28.0. The third-order valence-corrected chi connectivity index (χ3v) is 3.60. The molecule has 7 heteroatoms. The minimum Gasteiger partial charge on any atom is -0.444 e. The first-order valence-electron chi connectivity index (χ1n) is 7.38. The Labute approximate surface area is 133 Å². The first-order chi connectivity index (χ1) is 10.6. The van der Waals surface area contributed by atoms with E-state index >= 15 is 0 Å². The molecule has 1 fully saturated rings. The van der Waals surface area contributed by atoms with Crippen molar-refractivity contribution >= 4 is 12.4 Å². The Kier molecular flexibility index (Phi) is 4.68. The molecule has 0 radical (unpaired) electrons. The van der Waals surface area contributed by atoms with Gasteiger partial charge in [0.25, 0.3) is 5.92 Å². The molecule has 0 spiro atoms. The molecule has 1 aliphatic rings. The highest BCUT2D eigenvalue weighted by Gasteiger charge is 2.46. The number of nitrogens with zero attached hydrogens (tertiary/aromatic N) is 2. The number of carbonyl (C=O) groups is 2. The van der Waals surface area contributed by atoms with Gasteiger partial charge in [0.05, 0.1) is 5.92 Å². The predicted molar refractivity (Wildman–Crippen MR) is 79.7 cm³/mol. The topological polar surface area (TPSA) is 59.5 Å². The first kappa shape index (κ1) is 17.3. The number of aromatic nitrogens is 1. The van der Waals surface area contributed by atoms with Gasteiger partial charge in [-0.3, -0.25) is 9.78 Å². The number of likely N-dealkylation sites (tertiary alicyclic amines) is 1. The zero-order valence-corrected chi connectivity index (χ0v) is 13.4. The molecular formula is C16H20F2N2O3. The SMILES string of the molecule is CC(C)(C)OC(=O)N1CCC(F)(F)C(c2cncc(C=O)c2)C1. The van der Waals surface area contributed by atoms with Crippen LogP contribution in [-0.4, -0.2) is 46.9 Å². The Bertz CT molecular complexity index is 599. The molecule has 0 aromatic carbocycles. The summed E-state index contributed by atoms with van der Waals surface area (Å²) in [5, 5.41) is 0. The largest absolute Gasteiger partial charge is 0.444 e. The van der Waals surface area contributed by atoms with Crippen molar-refractivity contribution in [3.8, 4) is 0 Å². The average Bonchev–Trinajstić information content (AvgIpc) is 2.45. The maximum absolute atomic E-state index is 14.3. The van der Waals surface area contributed by atoms with E-state index in [0.29, 0.717) is 6.29 Å². The number of amides is 1. The lowest BCUT2D eigenvalue weighted by Crippen LogP contribution is -2.49. The summed E-state index contributed by atoms with van der Waals surface area (Å²) in [6.45, 7) is 4.92. The van der Waals surface area contributed by atoms with Gasteiger partial charge in [-0.15, -0.1) is 0 Å². The van der Waals surface area contributed by atoms with Crippen LogP contribution < -0.4 is 0 Å². The van der Waals surface area contributed by atoms with Crippen molar-refractivity contribution in [2.24, 2.45) is 0 Å². The highest BCUT2D eigenvalue weighted by molar-refractivity contribution is 5.74. The normalized spacial score (nSPS) is 20.9. The molecule has 1 aromatic heterocycles. The van der Waals surface area contributed by atoms with Crippen molar-refractivity contribution in [3.63, 3.8) is 0 Å². The summed E-state index contributed by atoms with van der Waals surface area (Å²) in [6, 6.07) is 1.39. The van der Waals surface area contributed by atoms with Crippen LogP contribution >= 0.6 is 0 Å². The molecule has 0 saturated carbocycles. The van der Waals surface area contributed by atoms with E-state index in [1.54, 1.807) is 20.8 Å². The van der Waals surface area contributed by atoms with Crippen LogP contribution in [0.15, 0.2) is 18.5 Å². The Morgan fingerprint density at radius 2 is 2.13 bits per heavy atom. The molecular weight excluding hydrogens is 306 g/mol. The van der Waals surface area contributed by atoms with Crippen molar-refractivity contribution in [1.82, 2.24) is 9.88 Å². The van der Waals surface area contributed by atoms with E-state index in [1.807, 2.05) is 0 Å². The molecule has 1 atom stereocenters. The Balaban J connectivity index is 2.22. The minimum absolute atomic E-state index is 0.0702. The van der Waals surface area contributed by atoms with E-state index in [1.165, 1.54) is 23.4 Å². The van der Waals surface area contributed by atoms with Crippen LogP contribution in [0.5, 0.6) is 0 Å². The summed E-state index contributed by atoms with van der Waals surface area (Å²) in [7, 11) is 0. The van der Waals surface area contributed by atoms with Gasteiger partial charge < -0.3 is 9.64 Å². The molecule has 1 aliphatic heterocycles. The number of hydrogen-bond acceptors (Lipinski definition) is 4. The fourth-order valence-corrected chi connectivity index (χ4v) is 2.48. The second-order valence-corrected chi connectivity index (χ2v) is 6.66. The molecule has 0 aliphatic carbocycles. The lowest BCUT2D eigenvalue weighted by Gasteiger charge is -2.38. The summed E-state index contributed by atoms with van der Waals surface area (Å²) in [6.07, 6.45) is 2.11. The van der Waals surface area contributed by atoms with Crippen LogP contribution in [0.3, 0.4) is 0 Å². The van der Waals surface area contributed by atoms with Gasteiger partial charge >= 0.3 is 6.09 Å². The van der Waals surface area contributed by atoms with Crippen molar-refractivity contribution in [2.45, 2.75) is 44.6 Å². The number of ether oxygens (including phenoxy) is 1. The molecule has 1 saturated heterocycles. The van der Waals surface area contributed by atoms with Gasteiger partial charge in [-0.2, -0.15) is 0 Å². The zero-order valence-electron chi connectivity index (χ0n) is 13.4. The fraction of sp³-hybridized carbons (Fsp3) is 0.562. The molecule has 0 N–H and O–H groups in total. The molecule has 1 amide bonds. The van der Waals surface area contributed by atoms with Gasteiger partial charge in [-0.05, 0) is 32.4 Å². The maximum atomic E-state index is 14.3. The Morgan fingerprint density at radius 3 is 2.74 bits per heavy atom. The molecule has 126 valence electrons. The van der Waals surface area contributed by atoms with Crippen LogP contribution in [0.2, 0.25) is 0 Å². The predicted octanol–water partition coefficient (Wildman–Crippen LogP) is 3.25. The van der Waals surface area contributed by atoms with Crippen LogP contribution in [0.1, 0.15) is 49.0 Å². The number of piperidine rings is 1. The number of alkyl halides is 2. The highest BCUT2D eigenvalue weighted by Crippen LogP contribution is 2.40. The van der Waals surface area contributed by atoms with Gasteiger partial charge in [-0.25, -0.2) is 13.6 Å². The van der Waals surface area contributed by atoms with Gasteiger partial charge in [-0.1, -0.05) is 0 Å². The van der Waals surface area contributed by atoms with E-state index < -0.39 is 30.0 Å². The van der Waals surface area contributed by atoms with Crippen molar-refractivity contribution in [3.05, 3.63) is 29.6 Å². The number of pyridine rings is 1. The Morgan fingerprint density at radius 1 is 1.43 bits per heavy atom. The van der Waals surface area contributed by atoms with Crippen molar-refractivity contribution in [2.75, 3.05) is 13.1 Å². The van der Waals surface area contributed by atoms with E-state index in [9.17, 15) is 18.4 Å². The first-order valence-corrected chi connectivity index (χ1v) is 7.38. The molecule has 2 heterocycles. The van der Waals surface area contributed by atoms with E-state index in [0.717, 1.165) is 0 Å². The van der Waals surface area contributed by atoms with Crippen molar-refractivity contribution in [1.29, 1.82) is 0 Å². The van der Waals surface area contributed by atoms with Crippen LogP contribution in [0.25, 0.3) is 0 Å². The van der Waals surface area contributed by atoms with Gasteiger partial charge in [0, 0.05) is 37.5 Å². The number of aldehydes is 1. The van der Waals surface area contributed by atoms with Crippen molar-refractivity contribution < 1.29 is 23.1 Å². The second-order valence-electron chi connectivity index (χ2n) is 6.66. The highest BCUT2D eigenvalue weighted by atomic mass is 19.3. The second kappa shape index (κ2) is 6.22. The number of hydrogen-bond donors (Lipinski definition) is 0.